The number of amides is 1. The van der Waals surface area contributed by atoms with E-state index in [-0.39, 0.29) is 5.91 Å². The molecule has 0 aliphatic rings. The molecule has 0 aliphatic carbocycles. The van der Waals surface area contributed by atoms with Gasteiger partial charge in [0.05, 0.1) is 0 Å². The van der Waals surface area contributed by atoms with E-state index >= 15 is 0 Å². The van der Waals surface area contributed by atoms with Crippen molar-refractivity contribution >= 4 is 23.2 Å². The summed E-state index contributed by atoms with van der Waals surface area (Å²) in [5, 5.41) is 3.56. The molecule has 0 radical (unpaired) electrons. The minimum atomic E-state index is -0.592. The molecular weight excluding hydrogens is 322 g/mol. The van der Waals surface area contributed by atoms with Crippen molar-refractivity contribution in [1.82, 2.24) is 0 Å². The molecule has 4 heteroatoms. The Morgan fingerprint density at radius 2 is 1.92 bits per heavy atom. The van der Waals surface area contributed by atoms with Crippen LogP contribution in [0.4, 0.5) is 5.69 Å². The predicted molar refractivity (Wildman–Crippen MR) is 100.0 cm³/mol. The van der Waals surface area contributed by atoms with Gasteiger partial charge in [0.2, 0.25) is 0 Å². The zero-order valence-electron chi connectivity index (χ0n) is 14.4. The largest absolute Gasteiger partial charge is 0.481 e. The highest BCUT2D eigenvalue weighted by Crippen LogP contribution is 2.22. The van der Waals surface area contributed by atoms with Crippen LogP contribution in [0.1, 0.15) is 37.8 Å². The summed E-state index contributed by atoms with van der Waals surface area (Å²) in [5.74, 6) is 0.457. The van der Waals surface area contributed by atoms with Crippen LogP contribution in [0.2, 0.25) is 5.02 Å². The maximum atomic E-state index is 12.3. The maximum Gasteiger partial charge on any atom is 0.265 e. The number of nitrogens with one attached hydrogen (secondary N) is 1. The third-order valence-corrected chi connectivity index (χ3v) is 4.28. The Bertz CT molecular complexity index is 683. The number of rotatable bonds is 7. The lowest BCUT2D eigenvalue weighted by molar-refractivity contribution is -0.122. The molecule has 0 aromatic heterocycles. The van der Waals surface area contributed by atoms with Crippen LogP contribution in [0.5, 0.6) is 5.75 Å². The zero-order valence-corrected chi connectivity index (χ0v) is 15.2. The number of halogens is 1. The Morgan fingerprint density at radius 1 is 1.21 bits per heavy atom. The van der Waals surface area contributed by atoms with Gasteiger partial charge in [-0.15, -0.1) is 0 Å². The molecule has 3 nitrogen and oxygen atoms in total. The molecule has 24 heavy (non-hydrogen) atoms. The Kier molecular flexibility index (Phi) is 6.68. The first-order valence-corrected chi connectivity index (χ1v) is 8.70. The summed E-state index contributed by atoms with van der Waals surface area (Å²) in [6, 6.07) is 13.3. The third-order valence-electron chi connectivity index (χ3n) is 3.85. The van der Waals surface area contributed by atoms with E-state index in [1.807, 2.05) is 25.1 Å². The fourth-order valence-corrected chi connectivity index (χ4v) is 2.45. The van der Waals surface area contributed by atoms with Crippen LogP contribution in [-0.2, 0) is 11.2 Å². The van der Waals surface area contributed by atoms with Crippen molar-refractivity contribution in [2.24, 2.45) is 0 Å². The molecule has 2 rings (SSSR count). The molecule has 1 atom stereocenters. The molecule has 1 unspecified atom stereocenters. The molecular formula is C20H24ClNO2. The standard InChI is InChI=1S/C20H24ClNO2/c1-4-5-6-16-7-9-17(10-8-16)22-20(23)15(3)24-18-11-12-19(21)14(2)13-18/h7-13,15H,4-6H2,1-3H3,(H,22,23). The van der Waals surface area contributed by atoms with Crippen LogP contribution in [0, 0.1) is 6.92 Å². The number of unbranched alkanes of at least 4 members (excludes halogenated alkanes) is 1. The van der Waals surface area contributed by atoms with Crippen LogP contribution < -0.4 is 10.1 Å². The van der Waals surface area contributed by atoms with Gasteiger partial charge in [-0.3, -0.25) is 4.79 Å². The fraction of sp³-hybridized carbons (Fsp3) is 0.350. The van der Waals surface area contributed by atoms with E-state index < -0.39 is 6.10 Å². The molecule has 2 aromatic rings. The Labute approximate surface area is 149 Å². The lowest BCUT2D eigenvalue weighted by atomic mass is 10.1. The molecule has 128 valence electrons. The van der Waals surface area contributed by atoms with Crippen LogP contribution in [0.25, 0.3) is 0 Å². The van der Waals surface area contributed by atoms with Crippen molar-refractivity contribution in [3.8, 4) is 5.75 Å². The van der Waals surface area contributed by atoms with Gasteiger partial charge >= 0.3 is 0 Å². The van der Waals surface area contributed by atoms with Crippen LogP contribution in [0.3, 0.4) is 0 Å². The lowest BCUT2D eigenvalue weighted by Gasteiger charge is -2.15. The summed E-state index contributed by atoms with van der Waals surface area (Å²) in [7, 11) is 0. The van der Waals surface area contributed by atoms with Gasteiger partial charge in [0.1, 0.15) is 5.75 Å². The molecule has 0 saturated carbocycles. The van der Waals surface area contributed by atoms with Gasteiger partial charge in [-0.05, 0) is 68.1 Å². The number of carbonyl (C=O) groups is 1. The van der Waals surface area contributed by atoms with E-state index in [0.29, 0.717) is 10.8 Å². The topological polar surface area (TPSA) is 38.3 Å². The second kappa shape index (κ2) is 8.74. The number of anilines is 1. The highest BCUT2D eigenvalue weighted by Gasteiger charge is 2.15. The van der Waals surface area contributed by atoms with Gasteiger partial charge in [-0.1, -0.05) is 37.1 Å². The van der Waals surface area contributed by atoms with Crippen LogP contribution in [0.15, 0.2) is 42.5 Å². The van der Waals surface area contributed by atoms with E-state index in [2.05, 4.69) is 24.4 Å². The van der Waals surface area contributed by atoms with Gasteiger partial charge in [-0.25, -0.2) is 0 Å². The van der Waals surface area contributed by atoms with E-state index in [1.165, 1.54) is 18.4 Å². The Hall–Kier alpha value is -2.00. The summed E-state index contributed by atoms with van der Waals surface area (Å²) < 4.78 is 5.69. The number of carbonyl (C=O) groups excluding carboxylic acids is 1. The number of aryl methyl sites for hydroxylation is 2. The predicted octanol–water partition coefficient (Wildman–Crippen LogP) is 5.40. The summed E-state index contributed by atoms with van der Waals surface area (Å²) in [5.41, 5.74) is 2.99. The van der Waals surface area contributed by atoms with Gasteiger partial charge in [0.25, 0.3) is 5.91 Å². The summed E-state index contributed by atoms with van der Waals surface area (Å²) in [4.78, 5) is 12.3. The number of ether oxygens (including phenoxy) is 1. The number of hydrogen-bond acceptors (Lipinski definition) is 2. The van der Waals surface area contributed by atoms with Crippen molar-refractivity contribution in [2.75, 3.05) is 5.32 Å². The van der Waals surface area contributed by atoms with E-state index in [9.17, 15) is 4.79 Å². The average molecular weight is 346 g/mol. The van der Waals surface area contributed by atoms with E-state index in [0.717, 1.165) is 17.7 Å². The molecule has 0 heterocycles. The van der Waals surface area contributed by atoms with E-state index in [1.54, 1.807) is 19.1 Å². The van der Waals surface area contributed by atoms with Crippen molar-refractivity contribution < 1.29 is 9.53 Å². The molecule has 0 aliphatic heterocycles. The summed E-state index contributed by atoms with van der Waals surface area (Å²) in [6.07, 6.45) is 2.83. The molecule has 0 bridgehead atoms. The van der Waals surface area contributed by atoms with Crippen molar-refractivity contribution in [3.63, 3.8) is 0 Å². The molecule has 0 fully saturated rings. The SMILES string of the molecule is CCCCc1ccc(NC(=O)C(C)Oc2ccc(Cl)c(C)c2)cc1. The maximum absolute atomic E-state index is 12.3. The van der Waals surface area contributed by atoms with Gasteiger partial charge in [0, 0.05) is 10.7 Å². The van der Waals surface area contributed by atoms with Crippen molar-refractivity contribution in [1.29, 1.82) is 0 Å². The van der Waals surface area contributed by atoms with Gasteiger partial charge < -0.3 is 10.1 Å². The van der Waals surface area contributed by atoms with Crippen molar-refractivity contribution in [2.45, 2.75) is 46.1 Å². The molecule has 1 N–H and O–H groups in total. The number of benzene rings is 2. The highest BCUT2D eigenvalue weighted by molar-refractivity contribution is 6.31. The first kappa shape index (κ1) is 18.3. The number of hydrogen-bond donors (Lipinski definition) is 1. The fourth-order valence-electron chi connectivity index (χ4n) is 2.33. The van der Waals surface area contributed by atoms with Gasteiger partial charge in [0.15, 0.2) is 6.10 Å². The van der Waals surface area contributed by atoms with Crippen molar-refractivity contribution in [3.05, 3.63) is 58.6 Å². The van der Waals surface area contributed by atoms with Crippen LogP contribution in [-0.4, -0.2) is 12.0 Å². The lowest BCUT2D eigenvalue weighted by Crippen LogP contribution is -2.30. The smallest absolute Gasteiger partial charge is 0.265 e. The quantitative estimate of drug-likeness (QED) is 0.729. The second-order valence-electron chi connectivity index (χ2n) is 5.96. The normalized spacial score (nSPS) is 11.8. The van der Waals surface area contributed by atoms with E-state index in [4.69, 9.17) is 16.3 Å². The molecule has 2 aromatic carbocycles. The molecule has 0 spiro atoms. The molecule has 1 amide bonds. The first-order valence-electron chi connectivity index (χ1n) is 8.32. The Balaban J connectivity index is 1.92. The minimum absolute atomic E-state index is 0.177. The average Bonchev–Trinajstić information content (AvgIpc) is 2.57. The third kappa shape index (κ3) is 5.27. The first-order chi connectivity index (χ1) is 11.5. The summed E-state index contributed by atoms with van der Waals surface area (Å²) in [6.45, 7) is 5.81. The highest BCUT2D eigenvalue weighted by atomic mass is 35.5. The monoisotopic (exact) mass is 345 g/mol. The van der Waals surface area contributed by atoms with Crippen LogP contribution >= 0.6 is 11.6 Å². The Morgan fingerprint density at radius 3 is 2.54 bits per heavy atom. The second-order valence-corrected chi connectivity index (χ2v) is 6.37. The molecule has 0 saturated heterocycles. The summed E-state index contributed by atoms with van der Waals surface area (Å²) >= 11 is 6.00. The van der Waals surface area contributed by atoms with Gasteiger partial charge in [-0.2, -0.15) is 0 Å². The minimum Gasteiger partial charge on any atom is -0.481 e. The zero-order chi connectivity index (χ0) is 17.5.